The van der Waals surface area contributed by atoms with Crippen LogP contribution < -0.4 is 0 Å². The Balaban J connectivity index is 0.000000171. The van der Waals surface area contributed by atoms with Gasteiger partial charge in [-0.05, 0) is 67.2 Å². The third-order valence-corrected chi connectivity index (χ3v) is 12.1. The van der Waals surface area contributed by atoms with Crippen LogP contribution in [0.4, 0.5) is 0 Å². The predicted molar refractivity (Wildman–Crippen MR) is 121 cm³/mol. The van der Waals surface area contributed by atoms with E-state index in [0.717, 1.165) is 5.75 Å². The molecule has 3 atom stereocenters. The maximum absolute atomic E-state index is 12.1. The van der Waals surface area contributed by atoms with Gasteiger partial charge in [0, 0.05) is 11.3 Å². The van der Waals surface area contributed by atoms with Gasteiger partial charge in [0.05, 0.1) is 0 Å². The molecular weight excluding hydrogens is 420 g/mol. The Bertz CT molecular complexity index is 748. The first kappa shape index (κ1) is 24.2. The molecule has 4 aliphatic rings. The number of hydrogen-bond donors (Lipinski definition) is 0. The molecule has 5 nitrogen and oxygen atoms in total. The zero-order valence-electron chi connectivity index (χ0n) is 18.8. The van der Waals surface area contributed by atoms with Crippen molar-refractivity contribution in [1.82, 2.24) is 0 Å². The van der Waals surface area contributed by atoms with Gasteiger partial charge in [-0.2, -0.15) is 0 Å². The molecule has 4 rings (SSSR count). The fourth-order valence-corrected chi connectivity index (χ4v) is 9.87. The van der Waals surface area contributed by atoms with Crippen molar-refractivity contribution in [1.29, 1.82) is 0 Å². The highest BCUT2D eigenvalue weighted by Crippen LogP contribution is 2.64. The molecule has 0 spiro atoms. The molecule has 3 saturated carbocycles. The van der Waals surface area contributed by atoms with E-state index < -0.39 is 20.8 Å². The van der Waals surface area contributed by atoms with Crippen LogP contribution in [0.15, 0.2) is 0 Å². The second-order valence-corrected chi connectivity index (χ2v) is 14.3. The Morgan fingerprint density at radius 3 is 2.03 bits per heavy atom. The van der Waals surface area contributed by atoms with Crippen molar-refractivity contribution in [2.24, 2.45) is 22.7 Å². The van der Waals surface area contributed by atoms with Crippen molar-refractivity contribution in [3.8, 4) is 0 Å². The van der Waals surface area contributed by atoms with Crippen molar-refractivity contribution >= 4 is 32.6 Å². The van der Waals surface area contributed by atoms with Crippen molar-refractivity contribution in [3.63, 3.8) is 0 Å². The quantitative estimate of drug-likeness (QED) is 0.471. The Kier molecular flexibility index (Phi) is 7.45. The van der Waals surface area contributed by atoms with Crippen LogP contribution in [0, 0.1) is 22.7 Å². The number of hydrogen-bond acceptors (Lipinski definition) is 5. The molecule has 4 fully saturated rings. The fraction of sp³-hybridized carbons (Fsp3) is 0.913. The maximum Gasteiger partial charge on any atom is 0.184 e. The van der Waals surface area contributed by atoms with Gasteiger partial charge in [-0.1, -0.05) is 40.0 Å². The topological polar surface area (TPSA) is 91.3 Å². The second kappa shape index (κ2) is 9.22. The molecule has 0 radical (unpaired) electrons. The van der Waals surface area contributed by atoms with Gasteiger partial charge in [0.2, 0.25) is 0 Å². The normalized spacial score (nSPS) is 34.5. The van der Waals surface area contributed by atoms with Crippen LogP contribution in [-0.2, 0) is 30.6 Å². The van der Waals surface area contributed by atoms with Crippen LogP contribution in [0.2, 0.25) is 0 Å². The second-order valence-electron chi connectivity index (χ2n) is 10.5. The van der Waals surface area contributed by atoms with E-state index in [1.807, 2.05) is 13.8 Å². The average molecular weight is 459 g/mol. The summed E-state index contributed by atoms with van der Waals surface area (Å²) >= 11 is 0. The molecule has 3 unspecified atom stereocenters. The predicted octanol–water partition coefficient (Wildman–Crippen LogP) is 3.86. The average Bonchev–Trinajstić information content (AvgIpc) is 3.01. The first-order valence-electron chi connectivity index (χ1n) is 11.6. The van der Waals surface area contributed by atoms with E-state index in [1.54, 1.807) is 6.92 Å². The molecule has 0 amide bonds. The number of rotatable bonds is 4. The Morgan fingerprint density at radius 2 is 1.57 bits per heavy atom. The van der Waals surface area contributed by atoms with E-state index in [0.29, 0.717) is 35.4 Å². The van der Waals surface area contributed by atoms with E-state index in [2.05, 4.69) is 0 Å². The lowest BCUT2D eigenvalue weighted by Crippen LogP contribution is -2.38. The molecule has 0 N–H and O–H groups in total. The summed E-state index contributed by atoms with van der Waals surface area (Å²) in [5, 5.41) is -1.30. The molecule has 1 saturated heterocycles. The van der Waals surface area contributed by atoms with Gasteiger partial charge >= 0.3 is 0 Å². The van der Waals surface area contributed by atoms with E-state index in [9.17, 15) is 22.6 Å². The van der Waals surface area contributed by atoms with Crippen molar-refractivity contribution in [2.45, 2.75) is 90.2 Å². The first-order chi connectivity index (χ1) is 14.0. The van der Waals surface area contributed by atoms with Gasteiger partial charge in [-0.25, -0.2) is 8.42 Å². The number of Topliss-reactive ketones (excluding diaryl/α,β-unsaturated/α-hetero) is 2. The van der Waals surface area contributed by atoms with Gasteiger partial charge in [-0.3, -0.25) is 9.59 Å². The maximum atomic E-state index is 12.1. The summed E-state index contributed by atoms with van der Waals surface area (Å²) in [6.07, 6.45) is 11.9. The monoisotopic (exact) mass is 458 g/mol. The minimum absolute atomic E-state index is 0.294. The summed E-state index contributed by atoms with van der Waals surface area (Å²) in [7, 11) is -4.02. The summed E-state index contributed by atoms with van der Waals surface area (Å²) < 4.78 is 33.3. The fourth-order valence-electron chi connectivity index (χ4n) is 6.12. The van der Waals surface area contributed by atoms with Crippen molar-refractivity contribution in [3.05, 3.63) is 0 Å². The molecule has 1 aliphatic heterocycles. The third-order valence-electron chi connectivity index (χ3n) is 8.56. The minimum Gasteiger partial charge on any atom is -0.747 e. The van der Waals surface area contributed by atoms with Gasteiger partial charge in [-0.15, -0.1) is 0 Å². The lowest BCUT2D eigenvalue weighted by molar-refractivity contribution is -0.128. The number of carbonyl (C=O) groups excluding carboxylic acids is 2. The van der Waals surface area contributed by atoms with Crippen LogP contribution in [0.3, 0.4) is 0 Å². The Morgan fingerprint density at radius 1 is 1.00 bits per heavy atom. The standard InChI is InChI=1S/C13H23OS.C10H16O4S/c14-13(12-7-3-1-4-8-12)11-15-9-5-2-6-10-15;1-9(2)6-4-5-10(9,3)8(11)7(6)15(12,13)14/h12H,1-11H2;6-7H,4-5H2,1-3H3,(H,12,13,14)/q+1;/p-1. The number of fused-ring (bicyclic) bond motifs is 2. The molecule has 1 heterocycles. The SMILES string of the molecule is CC12CCC(C(S(=O)(=O)[O-])C1=O)C2(C)C.O=C(C[S+]1CCCCC1)C1CCCCC1. The lowest BCUT2D eigenvalue weighted by atomic mass is 9.70. The molecule has 0 aromatic rings. The third kappa shape index (κ3) is 4.68. The molecule has 3 aliphatic carbocycles. The minimum atomic E-state index is -4.49. The number of carbonyl (C=O) groups is 2. The van der Waals surface area contributed by atoms with Gasteiger partial charge < -0.3 is 4.55 Å². The molecule has 0 aromatic carbocycles. The lowest BCUT2D eigenvalue weighted by Gasteiger charge is -2.32. The smallest absolute Gasteiger partial charge is 0.184 e. The number of ketones is 2. The van der Waals surface area contributed by atoms with Crippen LogP contribution in [0.5, 0.6) is 0 Å². The van der Waals surface area contributed by atoms with Crippen LogP contribution in [0.25, 0.3) is 0 Å². The highest BCUT2D eigenvalue weighted by molar-refractivity contribution is 7.97. The van der Waals surface area contributed by atoms with Crippen LogP contribution in [-0.4, -0.2) is 47.0 Å². The molecule has 7 heteroatoms. The Labute approximate surface area is 185 Å². The Hall–Kier alpha value is -0.400. The molecule has 2 bridgehead atoms. The largest absolute Gasteiger partial charge is 0.747 e. The van der Waals surface area contributed by atoms with Gasteiger partial charge in [0.15, 0.2) is 17.3 Å². The van der Waals surface area contributed by atoms with Crippen LogP contribution >= 0.6 is 0 Å². The summed E-state index contributed by atoms with van der Waals surface area (Å²) in [4.78, 5) is 24.0. The van der Waals surface area contributed by atoms with E-state index in [1.165, 1.54) is 62.9 Å². The zero-order chi connectivity index (χ0) is 22.2. The van der Waals surface area contributed by atoms with Gasteiger partial charge in [0.25, 0.3) is 0 Å². The molecule has 30 heavy (non-hydrogen) atoms. The van der Waals surface area contributed by atoms with Crippen molar-refractivity contribution < 1.29 is 22.6 Å². The zero-order valence-corrected chi connectivity index (χ0v) is 20.4. The van der Waals surface area contributed by atoms with Gasteiger partial charge in [0.1, 0.15) is 26.9 Å². The van der Waals surface area contributed by atoms with Crippen LogP contribution in [0.1, 0.15) is 85.0 Å². The van der Waals surface area contributed by atoms with E-state index >= 15 is 0 Å². The summed E-state index contributed by atoms with van der Waals surface area (Å²) in [6, 6.07) is 0. The summed E-state index contributed by atoms with van der Waals surface area (Å²) in [5.41, 5.74) is -0.994. The highest BCUT2D eigenvalue weighted by Gasteiger charge is 2.67. The summed E-state index contributed by atoms with van der Waals surface area (Å²) in [5.74, 6) is 4.03. The molecular formula is C23H38O5S2. The highest BCUT2D eigenvalue weighted by atomic mass is 32.2. The van der Waals surface area contributed by atoms with Crippen molar-refractivity contribution in [2.75, 3.05) is 17.3 Å². The van der Waals surface area contributed by atoms with E-state index in [4.69, 9.17) is 0 Å². The first-order valence-corrected chi connectivity index (χ1v) is 14.8. The van der Waals surface area contributed by atoms with E-state index in [-0.39, 0.29) is 17.1 Å². The molecule has 172 valence electrons. The summed E-state index contributed by atoms with van der Waals surface area (Å²) in [6.45, 7) is 5.59. The molecule has 0 aromatic heterocycles.